The summed E-state index contributed by atoms with van der Waals surface area (Å²) in [6.07, 6.45) is 4.19. The quantitative estimate of drug-likeness (QED) is 0.630. The van der Waals surface area contributed by atoms with Crippen molar-refractivity contribution in [3.05, 3.63) is 52.5 Å². The van der Waals surface area contributed by atoms with E-state index in [1.165, 1.54) is 19.2 Å². The minimum Gasteiger partial charge on any atom is -0.495 e. The maximum atomic E-state index is 13.3. The van der Waals surface area contributed by atoms with Crippen molar-refractivity contribution >= 4 is 37.5 Å². The first kappa shape index (κ1) is 20.4. The van der Waals surface area contributed by atoms with Crippen LogP contribution >= 0.6 is 15.9 Å². The molecule has 2 aliphatic rings. The lowest BCUT2D eigenvalue weighted by Crippen LogP contribution is -2.46. The predicted octanol–water partition coefficient (Wildman–Crippen LogP) is 3.96. The van der Waals surface area contributed by atoms with E-state index in [0.29, 0.717) is 11.4 Å². The molecule has 2 aliphatic carbocycles. The fourth-order valence-electron chi connectivity index (χ4n) is 3.63. The average Bonchev–Trinajstić information content (AvgIpc) is 3.45. The van der Waals surface area contributed by atoms with Crippen molar-refractivity contribution < 1.29 is 17.9 Å². The molecule has 0 unspecified atom stereocenters. The van der Waals surface area contributed by atoms with Gasteiger partial charge in [0, 0.05) is 10.5 Å². The third-order valence-corrected chi connectivity index (χ3v) is 7.71. The lowest BCUT2D eigenvalue weighted by molar-refractivity contribution is -0.124. The van der Waals surface area contributed by atoms with Gasteiger partial charge in [0.1, 0.15) is 5.75 Å². The van der Waals surface area contributed by atoms with Gasteiger partial charge in [-0.25, -0.2) is 13.1 Å². The summed E-state index contributed by atoms with van der Waals surface area (Å²) < 4.78 is 34.1. The van der Waals surface area contributed by atoms with E-state index in [0.717, 1.165) is 42.1 Å². The van der Waals surface area contributed by atoms with Crippen LogP contribution in [0.1, 0.15) is 37.7 Å². The topological polar surface area (TPSA) is 84.5 Å². The Kier molecular flexibility index (Phi) is 5.44. The van der Waals surface area contributed by atoms with Gasteiger partial charge >= 0.3 is 0 Å². The van der Waals surface area contributed by atoms with Crippen LogP contribution < -0.4 is 14.8 Å². The Bertz CT molecular complexity index is 1030. The van der Waals surface area contributed by atoms with E-state index in [4.69, 9.17) is 4.74 Å². The Morgan fingerprint density at radius 3 is 2.38 bits per heavy atom. The third-order valence-electron chi connectivity index (χ3n) is 5.67. The van der Waals surface area contributed by atoms with Gasteiger partial charge in [-0.2, -0.15) is 0 Å². The number of sulfonamides is 1. The number of ether oxygens (including phenoxy) is 1. The summed E-state index contributed by atoms with van der Waals surface area (Å²) in [5, 5.41) is 2.93. The second-order valence-corrected chi connectivity index (χ2v) is 10.3. The molecule has 154 valence electrons. The molecule has 0 spiro atoms. The summed E-state index contributed by atoms with van der Waals surface area (Å²) in [6.45, 7) is 0. The van der Waals surface area contributed by atoms with E-state index in [1.807, 2.05) is 24.3 Å². The summed E-state index contributed by atoms with van der Waals surface area (Å²) in [4.78, 5) is 13.4. The molecule has 2 aromatic carbocycles. The van der Waals surface area contributed by atoms with E-state index in [1.54, 1.807) is 6.07 Å². The molecular formula is C21H23BrN2O4S. The number of amides is 1. The monoisotopic (exact) mass is 478 g/mol. The summed E-state index contributed by atoms with van der Waals surface area (Å²) in [7, 11) is -2.13. The molecule has 4 rings (SSSR count). The maximum Gasteiger partial charge on any atom is 0.240 e. The SMILES string of the molecule is COc1ccc(S(=O)(=O)NC2CC2)cc1NC(=O)C1(c2ccc(Br)cc2)CCC1. The number of rotatable bonds is 7. The Morgan fingerprint density at radius 1 is 1.14 bits per heavy atom. The van der Waals surface area contributed by atoms with Crippen molar-refractivity contribution in [2.45, 2.75) is 48.5 Å². The van der Waals surface area contributed by atoms with E-state index >= 15 is 0 Å². The lowest BCUT2D eigenvalue weighted by atomic mass is 9.64. The Labute approximate surface area is 179 Å². The summed E-state index contributed by atoms with van der Waals surface area (Å²) in [5.74, 6) is 0.281. The normalized spacial score (nSPS) is 18.0. The van der Waals surface area contributed by atoms with Gasteiger partial charge in [-0.05, 0) is 61.6 Å². The van der Waals surface area contributed by atoms with Crippen LogP contribution in [0.4, 0.5) is 5.69 Å². The first-order chi connectivity index (χ1) is 13.8. The molecule has 8 heteroatoms. The number of nitrogens with one attached hydrogen (secondary N) is 2. The number of carbonyl (C=O) groups is 1. The largest absolute Gasteiger partial charge is 0.495 e. The molecule has 0 bridgehead atoms. The van der Waals surface area contributed by atoms with Gasteiger partial charge in [0.15, 0.2) is 0 Å². The molecule has 2 N–H and O–H groups in total. The van der Waals surface area contributed by atoms with Gasteiger partial charge in [0.05, 0.1) is 23.1 Å². The first-order valence-electron chi connectivity index (χ1n) is 9.62. The zero-order valence-corrected chi connectivity index (χ0v) is 18.5. The lowest BCUT2D eigenvalue weighted by Gasteiger charge is -2.40. The number of benzene rings is 2. The van der Waals surface area contributed by atoms with Crippen LogP contribution in [0.15, 0.2) is 51.8 Å². The van der Waals surface area contributed by atoms with Crippen LogP contribution in [0.3, 0.4) is 0 Å². The fraction of sp³-hybridized carbons (Fsp3) is 0.381. The molecule has 0 saturated heterocycles. The molecule has 2 aromatic rings. The zero-order valence-electron chi connectivity index (χ0n) is 16.1. The fourth-order valence-corrected chi connectivity index (χ4v) is 5.22. The van der Waals surface area contributed by atoms with Gasteiger partial charge in [-0.15, -0.1) is 0 Å². The second-order valence-electron chi connectivity index (χ2n) is 7.65. The number of halogens is 1. The number of anilines is 1. The average molecular weight is 479 g/mol. The molecule has 0 aromatic heterocycles. The highest BCUT2D eigenvalue weighted by molar-refractivity contribution is 9.10. The second kappa shape index (κ2) is 7.74. The molecule has 29 heavy (non-hydrogen) atoms. The van der Waals surface area contributed by atoms with Gasteiger partial charge in [0.2, 0.25) is 15.9 Å². The van der Waals surface area contributed by atoms with Crippen molar-refractivity contribution in [1.29, 1.82) is 0 Å². The molecule has 0 atom stereocenters. The summed E-state index contributed by atoms with van der Waals surface area (Å²) in [5.41, 5.74) is 0.717. The van der Waals surface area contributed by atoms with Crippen LogP contribution in [-0.4, -0.2) is 27.5 Å². The van der Waals surface area contributed by atoms with Crippen LogP contribution in [0, 0.1) is 0 Å². The van der Waals surface area contributed by atoms with E-state index in [-0.39, 0.29) is 16.8 Å². The Balaban J connectivity index is 1.62. The number of methoxy groups -OCH3 is 1. The van der Waals surface area contributed by atoms with Crippen molar-refractivity contribution in [2.24, 2.45) is 0 Å². The highest BCUT2D eigenvalue weighted by Gasteiger charge is 2.45. The minimum atomic E-state index is -3.63. The molecule has 0 heterocycles. The number of carbonyl (C=O) groups excluding carboxylic acids is 1. The van der Waals surface area contributed by atoms with Crippen LogP contribution in [0.5, 0.6) is 5.75 Å². The zero-order chi connectivity index (χ0) is 20.6. The Hall–Kier alpha value is -1.90. The molecule has 6 nitrogen and oxygen atoms in total. The standard InChI is InChI=1S/C21H23BrN2O4S/c1-28-19-10-9-17(29(26,27)24-16-7-8-16)13-18(19)23-20(25)21(11-2-12-21)14-3-5-15(22)6-4-14/h3-6,9-10,13,16,24H,2,7-8,11-12H2,1H3,(H,23,25). The predicted molar refractivity (Wildman–Crippen MR) is 115 cm³/mol. The van der Waals surface area contributed by atoms with Crippen molar-refractivity contribution in [1.82, 2.24) is 4.72 Å². The van der Waals surface area contributed by atoms with Crippen molar-refractivity contribution in [3.63, 3.8) is 0 Å². The highest BCUT2D eigenvalue weighted by Crippen LogP contribution is 2.45. The van der Waals surface area contributed by atoms with Crippen molar-refractivity contribution in [2.75, 3.05) is 12.4 Å². The van der Waals surface area contributed by atoms with E-state index in [9.17, 15) is 13.2 Å². The highest BCUT2D eigenvalue weighted by atomic mass is 79.9. The molecule has 2 fully saturated rings. The molecule has 1 amide bonds. The first-order valence-corrected chi connectivity index (χ1v) is 11.9. The molecule has 0 radical (unpaired) electrons. The third kappa shape index (κ3) is 4.06. The minimum absolute atomic E-state index is 0.00999. The van der Waals surface area contributed by atoms with Gasteiger partial charge in [0.25, 0.3) is 0 Å². The van der Waals surface area contributed by atoms with Crippen LogP contribution in [0.2, 0.25) is 0 Å². The number of hydrogen-bond acceptors (Lipinski definition) is 4. The van der Waals surface area contributed by atoms with Gasteiger partial charge in [-0.1, -0.05) is 34.5 Å². The van der Waals surface area contributed by atoms with Crippen LogP contribution in [0.25, 0.3) is 0 Å². The van der Waals surface area contributed by atoms with Crippen molar-refractivity contribution in [3.8, 4) is 5.75 Å². The van der Waals surface area contributed by atoms with E-state index < -0.39 is 15.4 Å². The van der Waals surface area contributed by atoms with Gasteiger partial charge < -0.3 is 10.1 Å². The van der Waals surface area contributed by atoms with Crippen LogP contribution in [-0.2, 0) is 20.2 Å². The van der Waals surface area contributed by atoms with Gasteiger partial charge in [-0.3, -0.25) is 4.79 Å². The smallest absolute Gasteiger partial charge is 0.240 e. The summed E-state index contributed by atoms with van der Waals surface area (Å²) in [6, 6.07) is 12.3. The molecule has 2 saturated carbocycles. The summed E-state index contributed by atoms with van der Waals surface area (Å²) >= 11 is 3.43. The molecular weight excluding hydrogens is 456 g/mol. The van der Waals surface area contributed by atoms with E-state index in [2.05, 4.69) is 26.0 Å². The molecule has 0 aliphatic heterocycles. The maximum absolute atomic E-state index is 13.3. The Morgan fingerprint density at radius 2 is 1.83 bits per heavy atom. The number of hydrogen-bond donors (Lipinski definition) is 2.